The Morgan fingerprint density at radius 1 is 0.229 bits per heavy atom. The predicted octanol–water partition coefficient (Wildman–Crippen LogP) is 26.3. The van der Waals surface area contributed by atoms with E-state index in [1.807, 2.05) is 0 Å². The van der Waals surface area contributed by atoms with Crippen molar-refractivity contribution in [2.45, 2.75) is 451 Å². The largest absolute Gasteiger partial charge is 0.462 e. The van der Waals surface area contributed by atoms with E-state index in [0.29, 0.717) is 19.3 Å². The lowest BCUT2D eigenvalue weighted by atomic mass is 10.0. The van der Waals surface area contributed by atoms with Crippen molar-refractivity contribution in [3.05, 3.63) is 12.2 Å². The third-order valence-electron chi connectivity index (χ3n) is 17.8. The second-order valence-electron chi connectivity index (χ2n) is 26.3. The molecular formula is C77H148O6. The van der Waals surface area contributed by atoms with Crippen molar-refractivity contribution in [1.29, 1.82) is 0 Å². The van der Waals surface area contributed by atoms with E-state index in [2.05, 4.69) is 32.9 Å². The maximum absolute atomic E-state index is 13.0. The van der Waals surface area contributed by atoms with E-state index in [-0.39, 0.29) is 31.1 Å². The molecule has 0 N–H and O–H groups in total. The molecule has 0 aliphatic rings. The number of rotatable bonds is 72. The van der Waals surface area contributed by atoms with Gasteiger partial charge in [0.1, 0.15) is 13.2 Å². The first kappa shape index (κ1) is 81.2. The topological polar surface area (TPSA) is 78.9 Å². The smallest absolute Gasteiger partial charge is 0.306 e. The van der Waals surface area contributed by atoms with E-state index in [1.54, 1.807) is 0 Å². The first-order valence-corrected chi connectivity index (χ1v) is 38.2. The van der Waals surface area contributed by atoms with E-state index in [9.17, 15) is 14.4 Å². The fourth-order valence-electron chi connectivity index (χ4n) is 12.0. The van der Waals surface area contributed by atoms with Gasteiger partial charge >= 0.3 is 17.9 Å². The van der Waals surface area contributed by atoms with Gasteiger partial charge in [-0.2, -0.15) is 0 Å². The summed E-state index contributed by atoms with van der Waals surface area (Å²) in [5.41, 5.74) is 0. The fourth-order valence-corrected chi connectivity index (χ4v) is 12.0. The summed E-state index contributed by atoms with van der Waals surface area (Å²) in [6.07, 6.45) is 88.6. The standard InChI is InChI=1S/C77H148O6/c1-4-7-10-13-16-19-22-24-26-28-30-32-34-36-37-38-39-40-42-43-45-47-49-51-53-55-58-61-64-67-70-76(79)82-73-74(72-81-75(78)69-66-63-60-57-21-18-15-12-9-6-3)83-77(80)71-68-65-62-59-56-54-52-50-48-46-44-41-35-33-31-29-27-25-23-20-17-14-11-8-5-2/h12,15,74H,4-11,13-14,16-73H2,1-3H3/b15-12-. The van der Waals surface area contributed by atoms with Crippen LogP contribution in [-0.2, 0) is 28.6 Å². The lowest BCUT2D eigenvalue weighted by Gasteiger charge is -2.18. The second-order valence-corrected chi connectivity index (χ2v) is 26.3. The zero-order valence-corrected chi connectivity index (χ0v) is 56.8. The van der Waals surface area contributed by atoms with E-state index < -0.39 is 6.10 Å². The molecule has 83 heavy (non-hydrogen) atoms. The van der Waals surface area contributed by atoms with Crippen molar-refractivity contribution in [3.63, 3.8) is 0 Å². The number of allylic oxidation sites excluding steroid dienone is 2. The van der Waals surface area contributed by atoms with Gasteiger partial charge in [-0.15, -0.1) is 0 Å². The van der Waals surface area contributed by atoms with E-state index in [0.717, 1.165) is 70.6 Å². The number of ether oxygens (including phenoxy) is 3. The molecule has 0 amide bonds. The van der Waals surface area contributed by atoms with Gasteiger partial charge in [0.2, 0.25) is 0 Å². The van der Waals surface area contributed by atoms with Gasteiger partial charge < -0.3 is 14.2 Å². The molecule has 0 aliphatic heterocycles. The number of esters is 3. The van der Waals surface area contributed by atoms with Crippen molar-refractivity contribution in [3.8, 4) is 0 Å². The Kier molecular flexibility index (Phi) is 71.0. The molecule has 0 rings (SSSR count). The summed E-state index contributed by atoms with van der Waals surface area (Å²) in [4.78, 5) is 38.4. The molecule has 492 valence electrons. The highest BCUT2D eigenvalue weighted by Crippen LogP contribution is 2.20. The van der Waals surface area contributed by atoms with Gasteiger partial charge in [-0.1, -0.05) is 399 Å². The molecule has 0 saturated carbocycles. The molecule has 0 aliphatic carbocycles. The normalized spacial score (nSPS) is 12.0. The first-order chi connectivity index (χ1) is 41.0. The van der Waals surface area contributed by atoms with Gasteiger partial charge in [0.25, 0.3) is 0 Å². The minimum Gasteiger partial charge on any atom is -0.462 e. The number of unbranched alkanes of at least 4 members (excludes halogenated alkanes) is 59. The zero-order valence-electron chi connectivity index (χ0n) is 56.8. The Morgan fingerprint density at radius 2 is 0.422 bits per heavy atom. The lowest BCUT2D eigenvalue weighted by Crippen LogP contribution is -2.30. The molecule has 6 heteroatoms. The second kappa shape index (κ2) is 72.6. The van der Waals surface area contributed by atoms with Crippen molar-refractivity contribution in [2.24, 2.45) is 0 Å². The Bertz CT molecular complexity index is 1300. The number of carbonyl (C=O) groups is 3. The number of carbonyl (C=O) groups excluding carboxylic acids is 3. The van der Waals surface area contributed by atoms with Gasteiger partial charge in [-0.05, 0) is 38.5 Å². The monoisotopic (exact) mass is 1170 g/mol. The van der Waals surface area contributed by atoms with Crippen molar-refractivity contribution in [2.75, 3.05) is 13.2 Å². The van der Waals surface area contributed by atoms with Crippen LogP contribution in [0.2, 0.25) is 0 Å². The van der Waals surface area contributed by atoms with Gasteiger partial charge in [-0.3, -0.25) is 14.4 Å². The lowest BCUT2D eigenvalue weighted by molar-refractivity contribution is -0.167. The third-order valence-corrected chi connectivity index (χ3v) is 17.8. The van der Waals surface area contributed by atoms with Crippen molar-refractivity contribution < 1.29 is 28.6 Å². The van der Waals surface area contributed by atoms with Crippen molar-refractivity contribution >= 4 is 17.9 Å². The SMILES string of the molecule is CCC/C=C\CCCCCCCC(=O)OCC(COC(=O)CCCCCCCCCCCCCCCCCCCCCCCCCCCCCCCC)OC(=O)CCCCCCCCCCCCCCCCCCCCCCCCCCC. The molecule has 0 aromatic rings. The van der Waals surface area contributed by atoms with Crippen LogP contribution >= 0.6 is 0 Å². The molecule has 6 nitrogen and oxygen atoms in total. The van der Waals surface area contributed by atoms with Crippen LogP contribution in [0.15, 0.2) is 12.2 Å². The Hall–Kier alpha value is -1.85. The summed E-state index contributed by atoms with van der Waals surface area (Å²) >= 11 is 0. The summed E-state index contributed by atoms with van der Waals surface area (Å²) in [7, 11) is 0. The molecule has 0 aromatic carbocycles. The van der Waals surface area contributed by atoms with E-state index >= 15 is 0 Å². The average molecular weight is 1170 g/mol. The molecule has 0 aromatic heterocycles. The first-order valence-electron chi connectivity index (χ1n) is 38.2. The molecular weight excluding hydrogens is 1020 g/mol. The van der Waals surface area contributed by atoms with Crippen LogP contribution in [0.4, 0.5) is 0 Å². The third kappa shape index (κ3) is 70.8. The van der Waals surface area contributed by atoms with Crippen LogP contribution < -0.4 is 0 Å². The molecule has 0 bridgehead atoms. The number of hydrogen-bond acceptors (Lipinski definition) is 6. The van der Waals surface area contributed by atoms with Gasteiger partial charge in [0.15, 0.2) is 6.10 Å². The Balaban J connectivity index is 4.05. The Labute approximate surface area is 520 Å². The van der Waals surface area contributed by atoms with Crippen LogP contribution in [0.3, 0.4) is 0 Å². The maximum atomic E-state index is 13.0. The summed E-state index contributed by atoms with van der Waals surface area (Å²) in [6, 6.07) is 0. The molecule has 0 saturated heterocycles. The zero-order chi connectivity index (χ0) is 59.9. The highest BCUT2D eigenvalue weighted by Gasteiger charge is 2.20. The summed E-state index contributed by atoms with van der Waals surface area (Å²) in [5, 5.41) is 0. The Morgan fingerprint density at radius 3 is 0.651 bits per heavy atom. The molecule has 0 fully saturated rings. The van der Waals surface area contributed by atoms with Crippen molar-refractivity contribution in [1.82, 2.24) is 0 Å². The average Bonchev–Trinajstić information content (AvgIpc) is 3.48. The molecule has 0 heterocycles. The molecule has 1 atom stereocenters. The van der Waals surface area contributed by atoms with Crippen LogP contribution in [0.1, 0.15) is 445 Å². The van der Waals surface area contributed by atoms with Gasteiger partial charge in [0, 0.05) is 19.3 Å². The van der Waals surface area contributed by atoms with E-state index in [4.69, 9.17) is 14.2 Å². The summed E-state index contributed by atoms with van der Waals surface area (Å²) < 4.78 is 17.0. The van der Waals surface area contributed by atoms with Gasteiger partial charge in [-0.25, -0.2) is 0 Å². The van der Waals surface area contributed by atoms with Gasteiger partial charge in [0.05, 0.1) is 0 Å². The number of hydrogen-bond donors (Lipinski definition) is 0. The summed E-state index contributed by atoms with van der Waals surface area (Å²) in [6.45, 7) is 6.67. The highest BCUT2D eigenvalue weighted by atomic mass is 16.6. The summed E-state index contributed by atoms with van der Waals surface area (Å²) in [5.74, 6) is -0.841. The maximum Gasteiger partial charge on any atom is 0.306 e. The molecule has 0 radical (unpaired) electrons. The molecule has 1 unspecified atom stereocenters. The quantitative estimate of drug-likeness (QED) is 0.0261. The van der Waals surface area contributed by atoms with Crippen LogP contribution in [0.5, 0.6) is 0 Å². The van der Waals surface area contributed by atoms with Crippen LogP contribution in [-0.4, -0.2) is 37.2 Å². The molecule has 0 spiro atoms. The predicted molar refractivity (Wildman–Crippen MR) is 363 cm³/mol. The van der Waals surface area contributed by atoms with Crippen LogP contribution in [0, 0.1) is 0 Å². The van der Waals surface area contributed by atoms with Crippen LogP contribution in [0.25, 0.3) is 0 Å². The minimum atomic E-state index is -0.770. The van der Waals surface area contributed by atoms with E-state index in [1.165, 1.54) is 334 Å². The minimum absolute atomic E-state index is 0.0659. The highest BCUT2D eigenvalue weighted by molar-refractivity contribution is 5.71. The fraction of sp³-hybridized carbons (Fsp3) is 0.935.